The molecule has 0 aromatic heterocycles. The Balaban J connectivity index is 0.00000112. The molecule has 0 fully saturated rings. The van der Waals surface area contributed by atoms with Gasteiger partial charge in [0.25, 0.3) is 0 Å². The van der Waals surface area contributed by atoms with E-state index in [2.05, 4.69) is 6.07 Å². The molecule has 1 atom stereocenters. The first-order valence-electron chi connectivity index (χ1n) is 4.14. The summed E-state index contributed by atoms with van der Waals surface area (Å²) in [6.45, 7) is 0.571. The van der Waals surface area contributed by atoms with Crippen LogP contribution in [0.15, 0.2) is 6.07 Å². The molecular formula is C9H9ClO3PY-. The Morgan fingerprint density at radius 2 is 2.20 bits per heavy atom. The minimum Gasteiger partial charge on any atom is -0.439 e. The molecule has 1 aromatic rings. The molecule has 1 aromatic carbocycles. The van der Waals surface area contributed by atoms with Gasteiger partial charge < -0.3 is 4.52 Å². The van der Waals surface area contributed by atoms with Gasteiger partial charge >= 0.3 is 6.95 Å². The zero-order valence-electron chi connectivity index (χ0n) is 8.41. The molecular weight excluding hydrogens is 311 g/mol. The summed E-state index contributed by atoms with van der Waals surface area (Å²) in [5.74, 6) is 0.575. The van der Waals surface area contributed by atoms with E-state index in [0.717, 1.165) is 16.7 Å². The standard InChI is InChI=1S/C9H9ClO3P.Y/c1-6-3-4-7(2)9-8(6)5-12-14(10,11)13-9;/h4H,5H2,1-2H3;/q-1;. The summed E-state index contributed by atoms with van der Waals surface area (Å²) in [5, 5.41) is 0. The second-order valence-electron chi connectivity index (χ2n) is 3.20. The van der Waals surface area contributed by atoms with Crippen LogP contribution in [0.2, 0.25) is 0 Å². The Hall–Kier alpha value is 0.604. The fourth-order valence-electron chi connectivity index (χ4n) is 1.36. The van der Waals surface area contributed by atoms with E-state index in [1.807, 2.05) is 13.8 Å². The monoisotopic (exact) mass is 320 g/mol. The first-order valence-corrected chi connectivity index (χ1v) is 6.59. The van der Waals surface area contributed by atoms with Crippen LogP contribution in [0.1, 0.15) is 16.7 Å². The van der Waals surface area contributed by atoms with Crippen LogP contribution in [0.3, 0.4) is 0 Å². The summed E-state index contributed by atoms with van der Waals surface area (Å²) < 4.78 is 21.4. The maximum atomic E-state index is 11.4. The Labute approximate surface area is 119 Å². The molecule has 15 heavy (non-hydrogen) atoms. The van der Waals surface area contributed by atoms with Crippen LogP contribution in [0.4, 0.5) is 0 Å². The Kier molecular flexibility index (Phi) is 4.42. The Bertz CT molecular complexity index is 436. The number of benzene rings is 1. The van der Waals surface area contributed by atoms with Gasteiger partial charge in [-0.3, -0.25) is 4.52 Å². The number of rotatable bonds is 0. The fraction of sp³-hybridized carbons (Fsp3) is 0.333. The second-order valence-corrected chi connectivity index (χ2v) is 5.74. The molecule has 0 bridgehead atoms. The van der Waals surface area contributed by atoms with Crippen LogP contribution < -0.4 is 4.52 Å². The van der Waals surface area contributed by atoms with E-state index in [1.54, 1.807) is 6.07 Å². The van der Waals surface area contributed by atoms with E-state index in [4.69, 9.17) is 20.3 Å². The summed E-state index contributed by atoms with van der Waals surface area (Å²) in [7, 11) is 0. The van der Waals surface area contributed by atoms with Gasteiger partial charge in [-0.25, -0.2) is 4.57 Å². The summed E-state index contributed by atoms with van der Waals surface area (Å²) in [6.07, 6.45) is 0. The van der Waals surface area contributed by atoms with Crippen molar-refractivity contribution in [2.75, 3.05) is 0 Å². The van der Waals surface area contributed by atoms with Gasteiger partial charge in [-0.05, 0) is 0 Å². The van der Waals surface area contributed by atoms with Gasteiger partial charge in [0.15, 0.2) is 0 Å². The van der Waals surface area contributed by atoms with E-state index < -0.39 is 6.95 Å². The van der Waals surface area contributed by atoms with E-state index in [9.17, 15) is 4.57 Å². The molecule has 2 rings (SSSR count). The van der Waals surface area contributed by atoms with Crippen molar-refractivity contribution in [1.82, 2.24) is 0 Å². The molecule has 0 saturated heterocycles. The van der Waals surface area contributed by atoms with Crippen LogP contribution in [0.5, 0.6) is 5.75 Å². The van der Waals surface area contributed by atoms with Crippen molar-refractivity contribution in [3.8, 4) is 5.75 Å². The normalized spacial score (nSPS) is 23.7. The molecule has 6 heteroatoms. The third-order valence-electron chi connectivity index (χ3n) is 2.15. The summed E-state index contributed by atoms with van der Waals surface area (Å²) in [6, 6.07) is 4.85. The quantitative estimate of drug-likeness (QED) is 0.543. The average Bonchev–Trinajstić information content (AvgIpc) is 2.10. The zero-order chi connectivity index (χ0) is 10.3. The van der Waals surface area contributed by atoms with Crippen molar-refractivity contribution in [1.29, 1.82) is 0 Å². The molecule has 0 spiro atoms. The van der Waals surface area contributed by atoms with Crippen LogP contribution in [-0.2, 0) is 48.4 Å². The molecule has 1 unspecified atom stereocenters. The summed E-state index contributed by atoms with van der Waals surface area (Å²) in [5.41, 5.74) is 2.67. The number of halogens is 1. The van der Waals surface area contributed by atoms with Gasteiger partial charge in [0.1, 0.15) is 0 Å². The predicted molar refractivity (Wildman–Crippen MR) is 53.6 cm³/mol. The molecule has 0 saturated carbocycles. The first-order chi connectivity index (χ1) is 6.49. The van der Waals surface area contributed by atoms with Crippen molar-refractivity contribution in [3.63, 3.8) is 0 Å². The largest absolute Gasteiger partial charge is 0.474 e. The number of hydrogen-bond acceptors (Lipinski definition) is 3. The van der Waals surface area contributed by atoms with Crippen molar-refractivity contribution in [3.05, 3.63) is 28.8 Å². The smallest absolute Gasteiger partial charge is 0.439 e. The van der Waals surface area contributed by atoms with E-state index in [-0.39, 0.29) is 39.3 Å². The van der Waals surface area contributed by atoms with Crippen LogP contribution in [0, 0.1) is 19.9 Å². The zero-order valence-corrected chi connectivity index (χ0v) is 12.9. The molecule has 0 aliphatic carbocycles. The fourth-order valence-corrected chi connectivity index (χ4v) is 2.52. The van der Waals surface area contributed by atoms with E-state index >= 15 is 0 Å². The maximum Gasteiger partial charge on any atom is 0.474 e. The minimum absolute atomic E-state index is 0. The third kappa shape index (κ3) is 2.84. The molecule has 1 aliphatic heterocycles. The molecule has 79 valence electrons. The number of hydrogen-bond donors (Lipinski definition) is 0. The van der Waals surface area contributed by atoms with Gasteiger partial charge in [-0.1, -0.05) is 19.4 Å². The topological polar surface area (TPSA) is 35.5 Å². The molecule has 1 heterocycles. The molecule has 3 nitrogen and oxygen atoms in total. The second kappa shape index (κ2) is 4.85. The van der Waals surface area contributed by atoms with Gasteiger partial charge in [-0.15, -0.1) is 5.56 Å². The summed E-state index contributed by atoms with van der Waals surface area (Å²) >= 11 is 5.52. The predicted octanol–water partition coefficient (Wildman–Crippen LogP) is 3.36. The van der Waals surface area contributed by atoms with E-state index in [1.165, 1.54) is 0 Å². The van der Waals surface area contributed by atoms with Crippen LogP contribution in [-0.4, -0.2) is 0 Å². The Morgan fingerprint density at radius 1 is 1.53 bits per heavy atom. The van der Waals surface area contributed by atoms with Crippen molar-refractivity contribution in [2.24, 2.45) is 0 Å². The van der Waals surface area contributed by atoms with Crippen LogP contribution >= 0.6 is 18.2 Å². The molecule has 0 N–H and O–H groups in total. The SMILES string of the molecule is Cc1[c-]cc(C)c2c1COP(=O)(Cl)O2.[Y]. The van der Waals surface area contributed by atoms with Gasteiger partial charge in [0.2, 0.25) is 0 Å². The van der Waals surface area contributed by atoms with Gasteiger partial charge in [0.05, 0.1) is 0 Å². The first kappa shape index (κ1) is 13.7. The number of aryl methyl sites for hydroxylation is 2. The van der Waals surface area contributed by atoms with E-state index in [0.29, 0.717) is 5.75 Å². The van der Waals surface area contributed by atoms with Crippen LogP contribution in [0.25, 0.3) is 0 Å². The van der Waals surface area contributed by atoms with Crippen molar-refractivity contribution in [2.45, 2.75) is 20.5 Å². The summed E-state index contributed by atoms with van der Waals surface area (Å²) in [4.78, 5) is 0. The Morgan fingerprint density at radius 3 is 2.87 bits per heavy atom. The molecule has 1 radical (unpaired) electrons. The van der Waals surface area contributed by atoms with Crippen molar-refractivity contribution >= 4 is 18.2 Å². The third-order valence-corrected chi connectivity index (χ3v) is 3.49. The van der Waals surface area contributed by atoms with Crippen molar-refractivity contribution < 1.29 is 46.3 Å². The molecule has 0 amide bonds. The molecule has 1 aliphatic rings. The maximum absolute atomic E-state index is 11.4. The minimum atomic E-state index is -3.41. The van der Waals surface area contributed by atoms with Gasteiger partial charge in [0, 0.05) is 56.3 Å². The average molecular weight is 321 g/mol. The van der Waals surface area contributed by atoms with Gasteiger partial charge in [-0.2, -0.15) is 17.7 Å². The number of fused-ring (bicyclic) bond motifs is 1.